The molecule has 1 saturated heterocycles. The van der Waals surface area contributed by atoms with Crippen LogP contribution in [0.4, 0.5) is 4.79 Å². The number of carbonyl (C=O) groups excluding carboxylic acids is 1. The summed E-state index contributed by atoms with van der Waals surface area (Å²) in [6.07, 6.45) is 11.1. The van der Waals surface area contributed by atoms with Gasteiger partial charge in [0.1, 0.15) is 0 Å². The second kappa shape index (κ2) is 12.3. The third-order valence-electron chi connectivity index (χ3n) is 6.83. The number of urea groups is 1. The van der Waals surface area contributed by atoms with Crippen LogP contribution in [0, 0.1) is 11.8 Å². The first-order chi connectivity index (χ1) is 14.5. The summed E-state index contributed by atoms with van der Waals surface area (Å²) in [5.74, 6) is 1.61. The third kappa shape index (κ3) is 7.72. The van der Waals surface area contributed by atoms with Crippen molar-refractivity contribution in [1.82, 2.24) is 15.5 Å². The molecular weight excluding hydrogens is 462 g/mol. The molecule has 0 atom stereocenters. The second-order valence-corrected chi connectivity index (χ2v) is 10.4. The van der Waals surface area contributed by atoms with Crippen molar-refractivity contribution in [2.24, 2.45) is 11.8 Å². The number of piperidine rings is 1. The molecule has 1 heterocycles. The van der Waals surface area contributed by atoms with Crippen LogP contribution in [0.2, 0.25) is 5.02 Å². The maximum Gasteiger partial charge on any atom is 0.314 e. The monoisotopic (exact) mass is 497 g/mol. The summed E-state index contributed by atoms with van der Waals surface area (Å²) in [4.78, 5) is 14.3. The summed E-state index contributed by atoms with van der Waals surface area (Å²) in [5, 5.41) is 6.77. The highest BCUT2D eigenvalue weighted by atomic mass is 79.9. The predicted molar refractivity (Wildman–Crippen MR) is 129 cm³/mol. The van der Waals surface area contributed by atoms with E-state index in [-0.39, 0.29) is 6.03 Å². The molecule has 2 aliphatic rings. The van der Waals surface area contributed by atoms with E-state index in [9.17, 15) is 4.79 Å². The first-order valence-electron chi connectivity index (χ1n) is 11.7. The Kier molecular flexibility index (Phi) is 9.79. The molecule has 168 valence electrons. The van der Waals surface area contributed by atoms with Crippen molar-refractivity contribution in [1.29, 1.82) is 0 Å². The van der Waals surface area contributed by atoms with E-state index in [1.165, 1.54) is 68.2 Å². The van der Waals surface area contributed by atoms with Crippen LogP contribution in [0.3, 0.4) is 0 Å². The van der Waals surface area contributed by atoms with Gasteiger partial charge in [-0.2, -0.15) is 0 Å². The number of halogens is 2. The van der Waals surface area contributed by atoms with Gasteiger partial charge in [-0.05, 0) is 120 Å². The van der Waals surface area contributed by atoms with Crippen LogP contribution in [-0.4, -0.2) is 43.2 Å². The molecule has 3 rings (SSSR count). The van der Waals surface area contributed by atoms with Crippen molar-refractivity contribution in [3.8, 4) is 0 Å². The van der Waals surface area contributed by atoms with Crippen molar-refractivity contribution < 1.29 is 4.79 Å². The minimum atomic E-state index is -0.00734. The molecule has 0 radical (unpaired) electrons. The molecule has 30 heavy (non-hydrogen) atoms. The van der Waals surface area contributed by atoms with Gasteiger partial charge in [0.2, 0.25) is 0 Å². The maximum atomic E-state index is 11.7. The minimum Gasteiger partial charge on any atom is -0.338 e. The number of hydrogen-bond acceptors (Lipinski definition) is 2. The predicted octanol–water partition coefficient (Wildman–Crippen LogP) is 6.02. The van der Waals surface area contributed by atoms with Gasteiger partial charge in [0.15, 0.2) is 0 Å². The Hall–Kier alpha value is -0.780. The van der Waals surface area contributed by atoms with Crippen molar-refractivity contribution in [3.63, 3.8) is 0 Å². The summed E-state index contributed by atoms with van der Waals surface area (Å²) in [7, 11) is 0. The van der Waals surface area contributed by atoms with Crippen molar-refractivity contribution in [2.75, 3.05) is 26.2 Å². The normalized spacial score (nSPS) is 23.3. The number of carbonyl (C=O) groups is 1. The Bertz CT molecular complexity index is 670. The SMILES string of the molecule is CCNC(=O)NC1CCC(CCCN2CCC(Cc3cc(Cl)ccc3Br)CC2)CC1. The fourth-order valence-corrected chi connectivity index (χ4v) is 5.62. The fraction of sp³-hybridized carbons (Fsp3) is 0.708. The average molecular weight is 499 g/mol. The van der Waals surface area contributed by atoms with E-state index in [1.54, 1.807) is 0 Å². The molecule has 0 bridgehead atoms. The van der Waals surface area contributed by atoms with Gasteiger partial charge in [-0.1, -0.05) is 27.5 Å². The van der Waals surface area contributed by atoms with Gasteiger partial charge in [-0.25, -0.2) is 4.79 Å². The highest BCUT2D eigenvalue weighted by Crippen LogP contribution is 2.30. The minimum absolute atomic E-state index is 0.00734. The topological polar surface area (TPSA) is 44.4 Å². The molecular formula is C24H37BrClN3O. The first kappa shape index (κ1) is 23.9. The zero-order valence-corrected chi connectivity index (χ0v) is 20.6. The number of rotatable bonds is 8. The molecule has 1 aromatic carbocycles. The van der Waals surface area contributed by atoms with Crippen LogP contribution in [0.15, 0.2) is 22.7 Å². The van der Waals surface area contributed by atoms with Crippen LogP contribution in [-0.2, 0) is 6.42 Å². The molecule has 6 heteroatoms. The average Bonchev–Trinajstić information content (AvgIpc) is 2.73. The van der Waals surface area contributed by atoms with Crippen LogP contribution in [0.5, 0.6) is 0 Å². The molecule has 1 aromatic rings. The molecule has 1 aliphatic heterocycles. The summed E-state index contributed by atoms with van der Waals surface area (Å²) in [5.41, 5.74) is 1.35. The van der Waals surface area contributed by atoms with Gasteiger partial charge in [0.05, 0.1) is 0 Å². The Labute approximate surface area is 195 Å². The van der Waals surface area contributed by atoms with Gasteiger partial charge in [0, 0.05) is 22.1 Å². The summed E-state index contributed by atoms with van der Waals surface area (Å²) in [6, 6.07) is 6.48. The van der Waals surface area contributed by atoms with E-state index in [4.69, 9.17) is 11.6 Å². The molecule has 2 amide bonds. The third-order valence-corrected chi connectivity index (χ3v) is 7.84. The highest BCUT2D eigenvalue weighted by Gasteiger charge is 2.23. The maximum absolute atomic E-state index is 11.7. The summed E-state index contributed by atoms with van der Waals surface area (Å²) >= 11 is 9.84. The van der Waals surface area contributed by atoms with Crippen molar-refractivity contribution in [3.05, 3.63) is 33.3 Å². The van der Waals surface area contributed by atoms with Crippen LogP contribution in [0.1, 0.15) is 63.9 Å². The van der Waals surface area contributed by atoms with E-state index in [1.807, 2.05) is 13.0 Å². The lowest BCUT2D eigenvalue weighted by molar-refractivity contribution is 0.174. The Morgan fingerprint density at radius 2 is 1.87 bits per heavy atom. The zero-order chi connectivity index (χ0) is 21.3. The van der Waals surface area contributed by atoms with E-state index in [2.05, 4.69) is 43.6 Å². The lowest BCUT2D eigenvalue weighted by Gasteiger charge is -2.33. The lowest BCUT2D eigenvalue weighted by atomic mass is 9.83. The Morgan fingerprint density at radius 1 is 1.13 bits per heavy atom. The fourth-order valence-electron chi connectivity index (χ4n) is 5.02. The number of benzene rings is 1. The number of nitrogens with one attached hydrogen (secondary N) is 2. The lowest BCUT2D eigenvalue weighted by Crippen LogP contribution is -2.43. The molecule has 4 nitrogen and oxygen atoms in total. The van der Waals surface area contributed by atoms with E-state index in [0.717, 1.165) is 36.1 Å². The Balaban J connectivity index is 1.28. The van der Waals surface area contributed by atoms with Crippen LogP contribution in [0.25, 0.3) is 0 Å². The molecule has 0 unspecified atom stereocenters. The van der Waals surface area contributed by atoms with Gasteiger partial charge >= 0.3 is 6.03 Å². The largest absolute Gasteiger partial charge is 0.338 e. The molecule has 1 saturated carbocycles. The first-order valence-corrected chi connectivity index (χ1v) is 12.9. The smallest absolute Gasteiger partial charge is 0.314 e. The van der Waals surface area contributed by atoms with Crippen molar-refractivity contribution in [2.45, 2.75) is 70.8 Å². The van der Waals surface area contributed by atoms with Crippen LogP contribution < -0.4 is 10.6 Å². The molecule has 2 fully saturated rings. The van der Waals surface area contributed by atoms with E-state index < -0.39 is 0 Å². The van der Waals surface area contributed by atoms with Crippen LogP contribution >= 0.6 is 27.5 Å². The second-order valence-electron chi connectivity index (χ2n) is 9.09. The number of amides is 2. The number of hydrogen-bond donors (Lipinski definition) is 2. The summed E-state index contributed by atoms with van der Waals surface area (Å²) in [6.45, 7) is 6.34. The number of nitrogens with zero attached hydrogens (tertiary/aromatic N) is 1. The van der Waals surface area contributed by atoms with Crippen molar-refractivity contribution >= 4 is 33.6 Å². The molecule has 0 aromatic heterocycles. The van der Waals surface area contributed by atoms with Gasteiger partial charge < -0.3 is 15.5 Å². The van der Waals surface area contributed by atoms with Gasteiger partial charge in [-0.3, -0.25) is 0 Å². The standard InChI is InChI=1S/C24H37BrClN3O/c1-2-27-24(30)28-22-8-5-18(6-9-22)4-3-13-29-14-11-19(12-15-29)16-20-17-21(26)7-10-23(20)25/h7,10,17-19,22H,2-6,8-9,11-16H2,1H3,(H2,27,28,30). The molecule has 2 N–H and O–H groups in total. The Morgan fingerprint density at radius 3 is 2.57 bits per heavy atom. The van der Waals surface area contributed by atoms with E-state index in [0.29, 0.717) is 12.6 Å². The quantitative estimate of drug-likeness (QED) is 0.460. The highest BCUT2D eigenvalue weighted by molar-refractivity contribution is 9.10. The van der Waals surface area contributed by atoms with Gasteiger partial charge in [-0.15, -0.1) is 0 Å². The molecule has 0 spiro atoms. The van der Waals surface area contributed by atoms with E-state index >= 15 is 0 Å². The molecule has 1 aliphatic carbocycles. The zero-order valence-electron chi connectivity index (χ0n) is 18.3. The van der Waals surface area contributed by atoms with Gasteiger partial charge in [0.25, 0.3) is 0 Å². The number of likely N-dealkylation sites (tertiary alicyclic amines) is 1. The summed E-state index contributed by atoms with van der Waals surface area (Å²) < 4.78 is 1.19.